The molecule has 0 radical (unpaired) electrons. The molecule has 0 saturated carbocycles. The lowest BCUT2D eigenvalue weighted by Gasteiger charge is -2.18. The van der Waals surface area contributed by atoms with Crippen LogP contribution in [-0.2, 0) is 7.05 Å². The van der Waals surface area contributed by atoms with Crippen molar-refractivity contribution in [2.75, 3.05) is 6.54 Å². The number of aryl methyl sites for hydroxylation is 2. The van der Waals surface area contributed by atoms with Crippen LogP contribution in [0.4, 0.5) is 0 Å². The summed E-state index contributed by atoms with van der Waals surface area (Å²) >= 11 is 3.55. The van der Waals surface area contributed by atoms with E-state index in [4.69, 9.17) is 0 Å². The third-order valence-electron chi connectivity index (χ3n) is 2.91. The molecule has 2 rings (SSSR count). The van der Waals surface area contributed by atoms with Gasteiger partial charge in [0.2, 0.25) is 0 Å². The van der Waals surface area contributed by atoms with Crippen LogP contribution in [-0.4, -0.2) is 26.3 Å². The summed E-state index contributed by atoms with van der Waals surface area (Å²) in [6.07, 6.45) is 6.48. The molecule has 0 aliphatic heterocycles. The Hall–Kier alpha value is -1.27. The number of rotatable bonds is 5. The van der Waals surface area contributed by atoms with Gasteiger partial charge in [-0.25, -0.2) is 0 Å². The fourth-order valence-electron chi connectivity index (χ4n) is 1.93. The first kappa shape index (κ1) is 14.1. The second-order valence-electron chi connectivity index (χ2n) is 4.47. The van der Waals surface area contributed by atoms with E-state index in [0.29, 0.717) is 0 Å². The average molecular weight is 324 g/mol. The first-order valence-corrected chi connectivity index (χ1v) is 7.12. The van der Waals surface area contributed by atoms with E-state index in [1.165, 1.54) is 0 Å². The maximum absolute atomic E-state index is 4.48. The summed E-state index contributed by atoms with van der Waals surface area (Å²) in [5.74, 6) is 0. The summed E-state index contributed by atoms with van der Waals surface area (Å²) < 4.78 is 2.84. The van der Waals surface area contributed by atoms with Gasteiger partial charge in [0.05, 0.1) is 40.0 Å². The number of halogens is 1. The molecule has 0 amide bonds. The molecule has 102 valence electrons. The molecule has 0 saturated heterocycles. The van der Waals surface area contributed by atoms with Gasteiger partial charge in [-0.2, -0.15) is 5.10 Å². The number of aromatic nitrogens is 4. The fraction of sp³-hybridized carbons (Fsp3) is 0.462. The largest absolute Gasteiger partial charge is 0.304 e. The molecule has 2 aromatic heterocycles. The summed E-state index contributed by atoms with van der Waals surface area (Å²) in [6, 6.07) is -0.00470. The van der Waals surface area contributed by atoms with Gasteiger partial charge in [0.1, 0.15) is 0 Å². The molecule has 0 bridgehead atoms. The van der Waals surface area contributed by atoms with E-state index in [-0.39, 0.29) is 6.04 Å². The van der Waals surface area contributed by atoms with Crippen molar-refractivity contribution < 1.29 is 0 Å². The molecule has 1 unspecified atom stereocenters. The molecule has 1 N–H and O–H groups in total. The van der Waals surface area contributed by atoms with Crippen LogP contribution in [0.1, 0.15) is 36.5 Å². The topological polar surface area (TPSA) is 55.6 Å². The summed E-state index contributed by atoms with van der Waals surface area (Å²) in [6.45, 7) is 4.99. The minimum absolute atomic E-state index is 0.00470. The monoisotopic (exact) mass is 323 g/mol. The van der Waals surface area contributed by atoms with Gasteiger partial charge in [0.25, 0.3) is 0 Å². The van der Waals surface area contributed by atoms with Crippen LogP contribution >= 0.6 is 15.9 Å². The van der Waals surface area contributed by atoms with Crippen LogP contribution in [0.3, 0.4) is 0 Å². The minimum atomic E-state index is -0.00470. The maximum atomic E-state index is 4.48. The molecule has 2 heterocycles. The normalized spacial score (nSPS) is 12.6. The van der Waals surface area contributed by atoms with Gasteiger partial charge in [-0.15, -0.1) is 0 Å². The van der Waals surface area contributed by atoms with E-state index < -0.39 is 0 Å². The molecule has 1 atom stereocenters. The molecular weight excluding hydrogens is 306 g/mol. The van der Waals surface area contributed by atoms with Gasteiger partial charge in [-0.05, 0) is 35.8 Å². The second-order valence-corrected chi connectivity index (χ2v) is 5.33. The molecule has 0 aliphatic carbocycles. The number of nitrogens with one attached hydrogen (secondary N) is 1. The second kappa shape index (κ2) is 6.25. The summed E-state index contributed by atoms with van der Waals surface area (Å²) in [5, 5.41) is 7.77. The Morgan fingerprint density at radius 3 is 2.63 bits per heavy atom. The van der Waals surface area contributed by atoms with Crippen LogP contribution in [0.2, 0.25) is 0 Å². The highest BCUT2D eigenvalue weighted by molar-refractivity contribution is 9.10. The van der Waals surface area contributed by atoms with Gasteiger partial charge in [-0.3, -0.25) is 14.6 Å². The number of hydrogen-bond acceptors (Lipinski definition) is 4. The third kappa shape index (κ3) is 3.19. The summed E-state index contributed by atoms with van der Waals surface area (Å²) in [5.41, 5.74) is 2.89. The Balaban J connectivity index is 2.38. The Bertz CT molecular complexity index is 515. The highest BCUT2D eigenvalue weighted by Gasteiger charge is 2.21. The molecule has 2 aromatic rings. The third-order valence-corrected chi connectivity index (χ3v) is 3.52. The van der Waals surface area contributed by atoms with Crippen molar-refractivity contribution in [3.05, 3.63) is 40.1 Å². The Kier molecular flexibility index (Phi) is 4.66. The Morgan fingerprint density at radius 1 is 1.32 bits per heavy atom. The zero-order valence-corrected chi connectivity index (χ0v) is 13.0. The maximum Gasteiger partial charge on any atom is 0.0949 e. The lowest BCUT2D eigenvalue weighted by Crippen LogP contribution is -2.26. The van der Waals surface area contributed by atoms with Crippen molar-refractivity contribution in [2.45, 2.75) is 26.3 Å². The lowest BCUT2D eigenvalue weighted by molar-refractivity contribution is 0.540. The molecule has 0 aromatic carbocycles. The zero-order chi connectivity index (χ0) is 13.8. The van der Waals surface area contributed by atoms with E-state index in [0.717, 1.165) is 34.5 Å². The van der Waals surface area contributed by atoms with Gasteiger partial charge in [-0.1, -0.05) is 6.92 Å². The zero-order valence-electron chi connectivity index (χ0n) is 11.4. The van der Waals surface area contributed by atoms with Crippen molar-refractivity contribution in [1.29, 1.82) is 0 Å². The Labute approximate surface area is 121 Å². The van der Waals surface area contributed by atoms with Gasteiger partial charge in [0, 0.05) is 13.2 Å². The Morgan fingerprint density at radius 2 is 2.11 bits per heavy atom. The van der Waals surface area contributed by atoms with Crippen molar-refractivity contribution in [1.82, 2.24) is 25.1 Å². The van der Waals surface area contributed by atoms with Crippen LogP contribution in [0.5, 0.6) is 0 Å². The highest BCUT2D eigenvalue weighted by atomic mass is 79.9. The van der Waals surface area contributed by atoms with E-state index in [2.05, 4.69) is 43.2 Å². The quantitative estimate of drug-likeness (QED) is 0.917. The van der Waals surface area contributed by atoms with Crippen molar-refractivity contribution in [3.8, 4) is 0 Å². The highest BCUT2D eigenvalue weighted by Crippen LogP contribution is 2.26. The predicted molar refractivity (Wildman–Crippen MR) is 77.8 cm³/mol. The van der Waals surface area contributed by atoms with Gasteiger partial charge in [0.15, 0.2) is 0 Å². The van der Waals surface area contributed by atoms with E-state index in [1.807, 2.05) is 24.9 Å². The minimum Gasteiger partial charge on any atom is -0.304 e. The molecule has 0 fully saturated rings. The molecule has 0 aliphatic rings. The number of hydrogen-bond donors (Lipinski definition) is 1. The SMILES string of the molecule is CCCNC(c1cnc(C)cn1)c1c(Br)cnn1C. The standard InChI is InChI=1S/C13H18BrN5/c1-4-5-15-12(11-8-16-9(2)6-17-11)13-10(14)7-18-19(13)3/h6-8,12,15H,4-5H2,1-3H3. The fourth-order valence-corrected chi connectivity index (χ4v) is 2.50. The smallest absolute Gasteiger partial charge is 0.0949 e. The number of nitrogens with zero attached hydrogens (tertiary/aromatic N) is 4. The first-order valence-electron chi connectivity index (χ1n) is 6.32. The van der Waals surface area contributed by atoms with Crippen LogP contribution < -0.4 is 5.32 Å². The van der Waals surface area contributed by atoms with E-state index >= 15 is 0 Å². The van der Waals surface area contributed by atoms with E-state index in [1.54, 1.807) is 12.4 Å². The summed E-state index contributed by atoms with van der Waals surface area (Å²) in [7, 11) is 1.93. The van der Waals surface area contributed by atoms with Crippen LogP contribution in [0, 0.1) is 6.92 Å². The summed E-state index contributed by atoms with van der Waals surface area (Å²) in [4.78, 5) is 8.81. The van der Waals surface area contributed by atoms with Crippen LogP contribution in [0.15, 0.2) is 23.1 Å². The molecule has 19 heavy (non-hydrogen) atoms. The van der Waals surface area contributed by atoms with Crippen molar-refractivity contribution >= 4 is 15.9 Å². The average Bonchev–Trinajstić information content (AvgIpc) is 2.73. The molecular formula is C13H18BrN5. The van der Waals surface area contributed by atoms with Gasteiger partial charge >= 0.3 is 0 Å². The van der Waals surface area contributed by atoms with Crippen molar-refractivity contribution in [3.63, 3.8) is 0 Å². The van der Waals surface area contributed by atoms with Crippen molar-refractivity contribution in [2.24, 2.45) is 7.05 Å². The molecule has 5 nitrogen and oxygen atoms in total. The van der Waals surface area contributed by atoms with Gasteiger partial charge < -0.3 is 5.32 Å². The molecule has 0 spiro atoms. The predicted octanol–water partition coefficient (Wildman–Crippen LogP) is 2.37. The lowest BCUT2D eigenvalue weighted by atomic mass is 10.1. The first-order chi connectivity index (χ1) is 9.13. The molecule has 6 heteroatoms. The van der Waals surface area contributed by atoms with Crippen LogP contribution in [0.25, 0.3) is 0 Å². The van der Waals surface area contributed by atoms with E-state index in [9.17, 15) is 0 Å².